The molecule has 3 aromatic carbocycles. The second-order valence-corrected chi connectivity index (χ2v) is 9.53. The van der Waals surface area contributed by atoms with E-state index in [0.29, 0.717) is 22.5 Å². The van der Waals surface area contributed by atoms with Gasteiger partial charge in [-0.15, -0.1) is 0 Å². The Bertz CT molecular complexity index is 1490. The van der Waals surface area contributed by atoms with E-state index < -0.39 is 11.8 Å². The Labute approximate surface area is 207 Å². The first-order valence-corrected chi connectivity index (χ1v) is 12.2. The first-order valence-electron chi connectivity index (χ1n) is 10.4. The lowest BCUT2D eigenvalue weighted by Crippen LogP contribution is -2.41. The molecule has 0 saturated carbocycles. The summed E-state index contributed by atoms with van der Waals surface area (Å²) in [5, 5.41) is 1.68. The maximum atomic E-state index is 12.6. The number of H-pyrrole nitrogens is 1. The summed E-state index contributed by atoms with van der Waals surface area (Å²) in [6, 6.07) is 20.6. The van der Waals surface area contributed by atoms with Crippen molar-refractivity contribution >= 4 is 61.5 Å². The zero-order valence-electron chi connectivity index (χ0n) is 18.0. The largest absolute Gasteiger partial charge is 0.451 e. The van der Waals surface area contributed by atoms with E-state index in [-0.39, 0.29) is 5.76 Å². The summed E-state index contributed by atoms with van der Waals surface area (Å²) >= 11 is 5.01. The van der Waals surface area contributed by atoms with Crippen LogP contribution >= 0.6 is 27.7 Å². The number of nitrogens with one attached hydrogen (secondary N) is 3. The highest BCUT2D eigenvalue weighted by Crippen LogP contribution is 2.28. The van der Waals surface area contributed by atoms with Gasteiger partial charge in [0.25, 0.3) is 5.91 Å². The average molecular weight is 535 g/mol. The predicted molar refractivity (Wildman–Crippen MR) is 136 cm³/mol. The number of hydrazine groups is 1. The highest BCUT2D eigenvalue weighted by Gasteiger charge is 2.18. The topological polar surface area (TPSA) is 100 Å². The molecule has 0 fully saturated rings. The van der Waals surface area contributed by atoms with E-state index in [0.717, 1.165) is 31.6 Å². The van der Waals surface area contributed by atoms with Crippen LogP contribution in [0, 0.1) is 6.92 Å². The minimum atomic E-state index is -0.517. The van der Waals surface area contributed by atoms with E-state index in [1.807, 2.05) is 48.5 Å². The van der Waals surface area contributed by atoms with Gasteiger partial charge >= 0.3 is 5.91 Å². The molecule has 0 aliphatic carbocycles. The fraction of sp³-hybridized carbons (Fsp3) is 0.0800. The molecule has 0 aliphatic heterocycles. The summed E-state index contributed by atoms with van der Waals surface area (Å²) < 4.78 is 6.55. The lowest BCUT2D eigenvalue weighted by Gasteiger charge is -2.07. The Morgan fingerprint density at radius 2 is 1.79 bits per heavy atom. The molecule has 0 radical (unpaired) electrons. The van der Waals surface area contributed by atoms with E-state index in [4.69, 9.17) is 4.42 Å². The minimum Gasteiger partial charge on any atom is -0.451 e. The maximum absolute atomic E-state index is 12.6. The van der Waals surface area contributed by atoms with Crippen LogP contribution in [0.4, 0.5) is 0 Å². The number of fused-ring (bicyclic) bond motifs is 2. The third kappa shape index (κ3) is 4.57. The molecule has 5 aromatic rings. The summed E-state index contributed by atoms with van der Waals surface area (Å²) in [7, 11) is 0. The number of furan rings is 1. The number of hydrogen-bond acceptors (Lipinski definition) is 5. The number of imidazole rings is 1. The molecule has 0 bridgehead atoms. The summed E-state index contributed by atoms with van der Waals surface area (Å²) in [6.07, 6.45) is 0. The number of aromatic amines is 1. The molecule has 0 unspecified atom stereocenters. The van der Waals surface area contributed by atoms with Gasteiger partial charge in [0.15, 0.2) is 10.9 Å². The number of aromatic nitrogens is 2. The van der Waals surface area contributed by atoms with Crippen molar-refractivity contribution < 1.29 is 14.0 Å². The quantitative estimate of drug-likeness (QED) is 0.197. The molecule has 0 atom stereocenters. The number of carbonyl (C=O) groups is 2. The highest BCUT2D eigenvalue weighted by molar-refractivity contribution is 9.10. The fourth-order valence-corrected chi connectivity index (χ4v) is 4.76. The molecule has 170 valence electrons. The molecule has 2 heterocycles. The van der Waals surface area contributed by atoms with E-state index in [2.05, 4.69) is 36.7 Å². The molecular formula is C25H19BrN4O3S. The summed E-state index contributed by atoms with van der Waals surface area (Å²) in [5.41, 5.74) is 9.60. The lowest BCUT2D eigenvalue weighted by atomic mass is 10.1. The van der Waals surface area contributed by atoms with Crippen molar-refractivity contribution in [1.82, 2.24) is 20.8 Å². The number of aryl methyl sites for hydroxylation is 1. The molecule has 9 heteroatoms. The van der Waals surface area contributed by atoms with Gasteiger partial charge in [-0.2, -0.15) is 0 Å². The number of hydrogen-bond donors (Lipinski definition) is 3. The fourth-order valence-electron chi connectivity index (χ4n) is 3.55. The Hall–Kier alpha value is -3.56. The van der Waals surface area contributed by atoms with E-state index in [1.54, 1.807) is 36.9 Å². The van der Waals surface area contributed by atoms with Crippen molar-refractivity contribution in [3.63, 3.8) is 0 Å². The van der Waals surface area contributed by atoms with E-state index >= 15 is 0 Å². The summed E-state index contributed by atoms with van der Waals surface area (Å²) in [4.78, 5) is 32.9. The molecule has 3 N–H and O–H groups in total. The smallest absolute Gasteiger partial charge is 0.305 e. The van der Waals surface area contributed by atoms with Gasteiger partial charge in [0.2, 0.25) is 0 Å². The minimum absolute atomic E-state index is 0.159. The van der Waals surface area contributed by atoms with Crippen molar-refractivity contribution in [2.45, 2.75) is 17.8 Å². The number of nitrogens with zero attached hydrogens (tertiary/aromatic N) is 1. The first-order chi connectivity index (χ1) is 16.5. The number of carbonyl (C=O) groups excluding carboxylic acids is 2. The number of para-hydroxylation sites is 2. The van der Waals surface area contributed by atoms with Gasteiger partial charge in [-0.05, 0) is 55.0 Å². The molecule has 2 amide bonds. The number of benzene rings is 3. The van der Waals surface area contributed by atoms with Crippen molar-refractivity contribution in [3.05, 3.63) is 93.7 Å². The number of thioether (sulfide) groups is 1. The molecule has 2 aromatic heterocycles. The summed E-state index contributed by atoms with van der Waals surface area (Å²) in [5.74, 6) is -0.0652. The monoisotopic (exact) mass is 534 g/mol. The third-order valence-electron chi connectivity index (χ3n) is 5.35. The first kappa shape index (κ1) is 22.2. The lowest BCUT2D eigenvalue weighted by molar-refractivity contribution is 0.0831. The highest BCUT2D eigenvalue weighted by atomic mass is 79.9. The van der Waals surface area contributed by atoms with Crippen LogP contribution in [0.25, 0.3) is 22.0 Å². The number of amides is 2. The molecule has 34 heavy (non-hydrogen) atoms. The maximum Gasteiger partial charge on any atom is 0.305 e. The van der Waals surface area contributed by atoms with Crippen molar-refractivity contribution in [2.75, 3.05) is 0 Å². The van der Waals surface area contributed by atoms with Crippen molar-refractivity contribution in [1.29, 1.82) is 0 Å². The molecule has 0 spiro atoms. The standard InChI is InChI=1S/C25H19BrN4O3S/c1-14-18-12-17(26)10-11-21(18)33-22(14)24(32)30-29-23(31)16-8-6-15(7-9-16)13-34-25-27-19-4-2-3-5-20(19)28-25/h2-12H,13H2,1H3,(H,27,28)(H,29,31)(H,30,32). The van der Waals surface area contributed by atoms with E-state index in [1.165, 1.54) is 0 Å². The normalized spacial score (nSPS) is 11.1. The Balaban J connectivity index is 1.18. The average Bonchev–Trinajstić information content (AvgIpc) is 3.42. The second-order valence-electron chi connectivity index (χ2n) is 7.65. The van der Waals surface area contributed by atoms with Crippen LogP contribution in [0.15, 0.2) is 80.8 Å². The van der Waals surface area contributed by atoms with Gasteiger partial charge in [0, 0.05) is 26.7 Å². The second kappa shape index (κ2) is 9.36. The predicted octanol–water partition coefficient (Wildman–Crippen LogP) is 5.75. The molecule has 5 rings (SSSR count). The van der Waals surface area contributed by atoms with Gasteiger partial charge in [-0.25, -0.2) is 4.98 Å². The van der Waals surface area contributed by atoms with Crippen LogP contribution in [0.5, 0.6) is 0 Å². The Morgan fingerprint density at radius 1 is 1.03 bits per heavy atom. The van der Waals surface area contributed by atoms with Crippen LogP contribution in [0.3, 0.4) is 0 Å². The van der Waals surface area contributed by atoms with Crippen molar-refractivity contribution in [2.24, 2.45) is 0 Å². The molecule has 7 nitrogen and oxygen atoms in total. The number of rotatable bonds is 5. The SMILES string of the molecule is Cc1c(C(=O)NNC(=O)c2ccc(CSc3nc4ccccc4[nH]3)cc2)oc2ccc(Br)cc12. The van der Waals surface area contributed by atoms with Crippen LogP contribution in [0.2, 0.25) is 0 Å². The van der Waals surface area contributed by atoms with Crippen molar-refractivity contribution in [3.8, 4) is 0 Å². The van der Waals surface area contributed by atoms with E-state index in [9.17, 15) is 9.59 Å². The molecule has 0 saturated heterocycles. The summed E-state index contributed by atoms with van der Waals surface area (Å²) in [6.45, 7) is 1.80. The zero-order valence-corrected chi connectivity index (χ0v) is 20.4. The van der Waals surface area contributed by atoms with Gasteiger partial charge in [-0.3, -0.25) is 20.4 Å². The van der Waals surface area contributed by atoms with Gasteiger partial charge in [-0.1, -0.05) is 52.0 Å². The van der Waals surface area contributed by atoms with Crippen LogP contribution in [-0.2, 0) is 5.75 Å². The molecule has 0 aliphatic rings. The molecular weight excluding hydrogens is 516 g/mol. The van der Waals surface area contributed by atoms with Gasteiger partial charge in [0.05, 0.1) is 11.0 Å². The van der Waals surface area contributed by atoms with Crippen LogP contribution in [-0.4, -0.2) is 21.8 Å². The van der Waals surface area contributed by atoms with Crippen LogP contribution < -0.4 is 10.9 Å². The number of halogens is 1. The Morgan fingerprint density at radius 3 is 2.59 bits per heavy atom. The third-order valence-corrected chi connectivity index (χ3v) is 6.79. The van der Waals surface area contributed by atoms with Gasteiger partial charge < -0.3 is 9.40 Å². The Kier molecular flexibility index (Phi) is 6.12. The van der Waals surface area contributed by atoms with Crippen LogP contribution in [0.1, 0.15) is 32.0 Å². The zero-order chi connectivity index (χ0) is 23.7. The van der Waals surface area contributed by atoms with Gasteiger partial charge in [0.1, 0.15) is 5.58 Å².